The smallest absolute Gasteiger partial charge is 0.162 e. The summed E-state index contributed by atoms with van der Waals surface area (Å²) in [5.41, 5.74) is 5.00. The predicted octanol–water partition coefficient (Wildman–Crippen LogP) is 3.69. The average molecular weight is 447 g/mol. The third-order valence-electron chi connectivity index (χ3n) is 7.05. The number of hydrogen-bond donors (Lipinski definition) is 0. The van der Waals surface area contributed by atoms with Crippen molar-refractivity contribution in [3.63, 3.8) is 0 Å². The Morgan fingerprint density at radius 2 is 1.82 bits per heavy atom. The molecule has 0 atom stereocenters. The summed E-state index contributed by atoms with van der Waals surface area (Å²) in [5.74, 6) is -0.243. The number of fused-ring (bicyclic) bond motifs is 2. The van der Waals surface area contributed by atoms with Gasteiger partial charge in [-0.3, -0.25) is 9.88 Å². The van der Waals surface area contributed by atoms with Crippen LogP contribution < -0.4 is 4.90 Å². The van der Waals surface area contributed by atoms with Crippen LogP contribution >= 0.6 is 0 Å². The lowest BCUT2D eigenvalue weighted by Crippen LogP contribution is -2.49. The standard InChI is InChI=1S/C25H27FN6O/c1-17-12-21-20(2-5-27-24(21)13-23(17)26)22-15-29-32-16-19(14-28-25(22)32)30-6-3-18(4-7-30)31-8-10-33-11-9-31/h2,5,12-16,18H,3-4,6-11H2,1H3. The second kappa shape index (κ2) is 8.35. The number of morpholine rings is 1. The van der Waals surface area contributed by atoms with Gasteiger partial charge in [-0.1, -0.05) is 0 Å². The maximum atomic E-state index is 14.0. The van der Waals surface area contributed by atoms with E-state index < -0.39 is 0 Å². The average Bonchev–Trinajstić information content (AvgIpc) is 3.28. The van der Waals surface area contributed by atoms with Crippen molar-refractivity contribution in [2.45, 2.75) is 25.8 Å². The largest absolute Gasteiger partial charge is 0.379 e. The summed E-state index contributed by atoms with van der Waals surface area (Å²) < 4.78 is 21.4. The predicted molar refractivity (Wildman–Crippen MR) is 126 cm³/mol. The Labute approximate surface area is 191 Å². The summed E-state index contributed by atoms with van der Waals surface area (Å²) in [4.78, 5) is 14.1. The molecule has 0 saturated carbocycles. The lowest BCUT2D eigenvalue weighted by atomic mass is 10.0. The van der Waals surface area contributed by atoms with E-state index in [-0.39, 0.29) is 5.82 Å². The molecule has 3 aromatic heterocycles. The van der Waals surface area contributed by atoms with E-state index in [4.69, 9.17) is 9.72 Å². The van der Waals surface area contributed by atoms with Crippen molar-refractivity contribution in [2.75, 3.05) is 44.3 Å². The van der Waals surface area contributed by atoms with Gasteiger partial charge in [-0.25, -0.2) is 13.9 Å². The Morgan fingerprint density at radius 3 is 2.64 bits per heavy atom. The first kappa shape index (κ1) is 20.5. The number of piperidine rings is 1. The summed E-state index contributed by atoms with van der Waals surface area (Å²) in [5, 5.41) is 5.50. The number of hydrogen-bond acceptors (Lipinski definition) is 6. The maximum Gasteiger partial charge on any atom is 0.162 e. The first-order valence-corrected chi connectivity index (χ1v) is 11.6. The summed E-state index contributed by atoms with van der Waals surface area (Å²) >= 11 is 0. The molecule has 0 bridgehead atoms. The number of anilines is 1. The molecule has 33 heavy (non-hydrogen) atoms. The fourth-order valence-electron chi connectivity index (χ4n) is 5.16. The van der Waals surface area contributed by atoms with Crippen molar-refractivity contribution in [2.24, 2.45) is 0 Å². The Bertz CT molecular complexity index is 1310. The van der Waals surface area contributed by atoms with Crippen molar-refractivity contribution in [1.82, 2.24) is 24.5 Å². The molecular weight excluding hydrogens is 419 g/mol. The van der Waals surface area contributed by atoms with Gasteiger partial charge >= 0.3 is 0 Å². The summed E-state index contributed by atoms with van der Waals surface area (Å²) in [6.07, 6.45) is 9.87. The van der Waals surface area contributed by atoms with E-state index in [0.717, 1.165) is 80.1 Å². The van der Waals surface area contributed by atoms with Crippen LogP contribution in [0.2, 0.25) is 0 Å². The van der Waals surface area contributed by atoms with Crippen molar-refractivity contribution in [1.29, 1.82) is 0 Å². The minimum atomic E-state index is -0.243. The van der Waals surface area contributed by atoms with Crippen molar-refractivity contribution in [3.05, 3.63) is 54.4 Å². The van der Waals surface area contributed by atoms with Crippen LogP contribution in [0.4, 0.5) is 10.1 Å². The molecule has 2 aliphatic heterocycles. The third kappa shape index (κ3) is 3.73. The summed E-state index contributed by atoms with van der Waals surface area (Å²) in [6.45, 7) is 7.60. The Morgan fingerprint density at radius 1 is 1.00 bits per heavy atom. The lowest BCUT2D eigenvalue weighted by molar-refractivity contribution is 0.0115. The molecule has 4 aromatic rings. The maximum absolute atomic E-state index is 14.0. The first-order valence-electron chi connectivity index (χ1n) is 11.6. The van der Waals surface area contributed by atoms with Gasteiger partial charge < -0.3 is 9.64 Å². The van der Waals surface area contributed by atoms with Gasteiger partial charge in [-0.05, 0) is 43.0 Å². The first-order chi connectivity index (χ1) is 16.2. The van der Waals surface area contributed by atoms with Crippen LogP contribution in [0.25, 0.3) is 27.7 Å². The quantitative estimate of drug-likeness (QED) is 0.478. The fraction of sp³-hybridized carbons (Fsp3) is 0.400. The molecule has 5 heterocycles. The second-order valence-corrected chi connectivity index (χ2v) is 8.98. The number of aromatic nitrogens is 4. The van der Waals surface area contributed by atoms with E-state index in [0.29, 0.717) is 17.1 Å². The molecule has 2 saturated heterocycles. The normalized spacial score (nSPS) is 18.4. The van der Waals surface area contributed by atoms with Crippen molar-refractivity contribution in [3.8, 4) is 11.1 Å². The Balaban J connectivity index is 1.27. The SMILES string of the molecule is Cc1cc2c(-c3cnn4cc(N5CCC(N6CCOCC6)CC5)cnc34)ccnc2cc1F. The van der Waals surface area contributed by atoms with Crippen LogP contribution in [0.1, 0.15) is 18.4 Å². The molecule has 0 N–H and O–H groups in total. The van der Waals surface area contributed by atoms with Gasteiger partial charge in [0.2, 0.25) is 0 Å². The number of ether oxygens (including phenoxy) is 1. The number of aryl methyl sites for hydroxylation is 1. The van der Waals surface area contributed by atoms with Crippen molar-refractivity contribution >= 4 is 22.2 Å². The van der Waals surface area contributed by atoms with Crippen LogP contribution in [0, 0.1) is 12.7 Å². The van der Waals surface area contributed by atoms with E-state index in [2.05, 4.69) is 26.1 Å². The molecule has 8 heteroatoms. The molecule has 0 unspecified atom stereocenters. The highest BCUT2D eigenvalue weighted by Gasteiger charge is 2.26. The number of pyridine rings is 1. The molecule has 2 aliphatic rings. The molecule has 0 aliphatic carbocycles. The van der Waals surface area contributed by atoms with Gasteiger partial charge in [-0.15, -0.1) is 0 Å². The van der Waals surface area contributed by atoms with Crippen LogP contribution in [0.15, 0.2) is 43.0 Å². The van der Waals surface area contributed by atoms with Crippen molar-refractivity contribution < 1.29 is 9.13 Å². The summed E-state index contributed by atoms with van der Waals surface area (Å²) in [6, 6.07) is 5.93. The topological polar surface area (TPSA) is 58.8 Å². The lowest BCUT2D eigenvalue weighted by Gasteiger charge is -2.40. The third-order valence-corrected chi connectivity index (χ3v) is 7.05. The molecule has 0 spiro atoms. The molecule has 1 aromatic carbocycles. The van der Waals surface area contributed by atoms with Crippen LogP contribution in [-0.4, -0.2) is 69.9 Å². The second-order valence-electron chi connectivity index (χ2n) is 8.98. The van der Waals surface area contributed by atoms with Crippen LogP contribution in [-0.2, 0) is 4.74 Å². The van der Waals surface area contributed by atoms with Gasteiger partial charge in [0, 0.05) is 55.4 Å². The zero-order valence-electron chi connectivity index (χ0n) is 18.7. The molecule has 7 nitrogen and oxygen atoms in total. The molecule has 6 rings (SSSR count). The van der Waals surface area contributed by atoms with Gasteiger partial charge in [-0.2, -0.15) is 5.10 Å². The number of benzene rings is 1. The Kier molecular flexibility index (Phi) is 5.19. The fourth-order valence-corrected chi connectivity index (χ4v) is 5.16. The van der Waals surface area contributed by atoms with E-state index in [1.54, 1.807) is 13.1 Å². The van der Waals surface area contributed by atoms with E-state index >= 15 is 0 Å². The molecule has 2 fully saturated rings. The number of halogens is 1. The van der Waals surface area contributed by atoms with Crippen LogP contribution in [0.3, 0.4) is 0 Å². The van der Waals surface area contributed by atoms with Gasteiger partial charge in [0.15, 0.2) is 5.65 Å². The monoisotopic (exact) mass is 446 g/mol. The van der Waals surface area contributed by atoms with Gasteiger partial charge in [0.25, 0.3) is 0 Å². The molecule has 0 radical (unpaired) electrons. The molecular formula is C25H27FN6O. The van der Waals surface area contributed by atoms with Gasteiger partial charge in [0.1, 0.15) is 5.82 Å². The highest BCUT2D eigenvalue weighted by atomic mass is 19.1. The molecule has 170 valence electrons. The minimum Gasteiger partial charge on any atom is -0.379 e. The van der Waals surface area contributed by atoms with E-state index in [1.165, 1.54) is 6.07 Å². The highest BCUT2D eigenvalue weighted by Crippen LogP contribution is 2.32. The zero-order valence-corrected chi connectivity index (χ0v) is 18.7. The van der Waals surface area contributed by atoms with Gasteiger partial charge in [0.05, 0.1) is 43.0 Å². The van der Waals surface area contributed by atoms with E-state index in [1.807, 2.05) is 29.0 Å². The van der Waals surface area contributed by atoms with Crippen LogP contribution in [0.5, 0.6) is 0 Å². The summed E-state index contributed by atoms with van der Waals surface area (Å²) in [7, 11) is 0. The number of nitrogens with zero attached hydrogens (tertiary/aromatic N) is 6. The molecule has 0 amide bonds. The minimum absolute atomic E-state index is 0.243. The Hall–Kier alpha value is -3.10. The zero-order chi connectivity index (χ0) is 22.4. The van der Waals surface area contributed by atoms with E-state index in [9.17, 15) is 4.39 Å². The number of rotatable bonds is 3. The highest BCUT2D eigenvalue weighted by molar-refractivity contribution is 5.98.